The molecule has 0 aromatic rings. The Morgan fingerprint density at radius 1 is 0.500 bits per heavy atom. The first-order valence-corrected chi connectivity index (χ1v) is 20.6. The monoisotopic (exact) mass is 442 g/mol. The van der Waals surface area contributed by atoms with Crippen LogP contribution in [0.4, 0.5) is 0 Å². The smallest absolute Gasteiger partial charge is 0.416 e. The van der Waals surface area contributed by atoms with Crippen LogP contribution in [0.2, 0.25) is 52.4 Å². The molecule has 1 heterocycles. The summed E-state index contributed by atoms with van der Waals surface area (Å²) in [5.74, 6) is 0. The van der Waals surface area contributed by atoms with Crippen molar-refractivity contribution < 1.29 is 30.4 Å². The average Bonchev–Trinajstić information content (AvgIpc) is 2.32. The van der Waals surface area contributed by atoms with Crippen LogP contribution in [-0.4, -0.2) is 61.4 Å². The molecular formula is C14H39BO7Si4. The molecular weight excluding hydrogens is 403 g/mol. The van der Waals surface area contributed by atoms with Gasteiger partial charge in [0.15, 0.2) is 0 Å². The molecule has 26 heavy (non-hydrogen) atoms. The number of rotatable bonds is 6. The van der Waals surface area contributed by atoms with E-state index >= 15 is 0 Å². The number of hydrogen-bond donors (Lipinski definition) is 0. The van der Waals surface area contributed by atoms with Crippen LogP contribution in [0, 0.1) is 0 Å². The Bertz CT molecular complexity index is 324. The second-order valence-corrected chi connectivity index (χ2v) is 22.1. The molecule has 0 radical (unpaired) electrons. The fourth-order valence-electron chi connectivity index (χ4n) is 3.00. The zero-order valence-electron chi connectivity index (χ0n) is 18.6. The first-order chi connectivity index (χ1) is 11.7. The van der Waals surface area contributed by atoms with Crippen LogP contribution in [-0.2, 0) is 30.4 Å². The van der Waals surface area contributed by atoms with Crippen molar-refractivity contribution in [3.63, 3.8) is 0 Å². The van der Waals surface area contributed by atoms with E-state index < -0.39 is 41.6 Å². The van der Waals surface area contributed by atoms with Gasteiger partial charge in [0.1, 0.15) is 0 Å². The predicted molar refractivity (Wildman–Crippen MR) is 115 cm³/mol. The van der Waals surface area contributed by atoms with Crippen LogP contribution in [0.15, 0.2) is 0 Å². The van der Waals surface area contributed by atoms with E-state index in [1.54, 1.807) is 0 Å². The van der Waals surface area contributed by atoms with Gasteiger partial charge in [0.05, 0.1) is 0 Å². The van der Waals surface area contributed by atoms with Gasteiger partial charge in [-0.2, -0.15) is 0 Å². The van der Waals surface area contributed by atoms with Gasteiger partial charge in [0.25, 0.3) is 0 Å². The van der Waals surface area contributed by atoms with Crippen molar-refractivity contribution in [1.82, 2.24) is 0 Å². The summed E-state index contributed by atoms with van der Waals surface area (Å²) in [7, 11) is -8.92. The predicted octanol–water partition coefficient (Wildman–Crippen LogP) is 3.95. The molecule has 0 saturated carbocycles. The summed E-state index contributed by atoms with van der Waals surface area (Å²) in [5, 5.41) is 0. The summed E-state index contributed by atoms with van der Waals surface area (Å²) in [4.78, 5) is 0. The highest BCUT2D eigenvalue weighted by Gasteiger charge is 2.50. The van der Waals surface area contributed by atoms with Gasteiger partial charge in [-0.3, -0.25) is 0 Å². The van der Waals surface area contributed by atoms with Crippen LogP contribution in [0.3, 0.4) is 0 Å². The Morgan fingerprint density at radius 2 is 0.692 bits per heavy atom. The summed E-state index contributed by atoms with van der Waals surface area (Å²) in [6.45, 7) is 24.2. The molecule has 1 saturated heterocycles. The molecule has 1 aliphatic heterocycles. The molecule has 0 aliphatic carbocycles. The Balaban J connectivity index is 0.000000541. The fraction of sp³-hybridized carbons (Fsp3) is 1.00. The van der Waals surface area contributed by atoms with Crippen molar-refractivity contribution in [2.24, 2.45) is 0 Å². The molecule has 1 rings (SSSR count). The highest BCUT2D eigenvalue weighted by atomic mass is 28.5. The van der Waals surface area contributed by atoms with Gasteiger partial charge in [-0.25, -0.2) is 0 Å². The van der Waals surface area contributed by atoms with Crippen LogP contribution in [0.5, 0.6) is 0 Å². The molecule has 0 spiro atoms. The third-order valence-corrected chi connectivity index (χ3v) is 18.6. The SMILES string of the molecule is CCOB(OCC)OCC.C[Si]1(C)O[Si](C)(C)O[Si](C)(C)O[Si](C)(C)O1. The van der Waals surface area contributed by atoms with Crippen LogP contribution in [0.1, 0.15) is 20.8 Å². The van der Waals surface area contributed by atoms with Gasteiger partial charge in [-0.1, -0.05) is 0 Å². The highest BCUT2D eigenvalue weighted by molar-refractivity contribution is 6.92. The fourth-order valence-corrected chi connectivity index (χ4v) is 24.1. The van der Waals surface area contributed by atoms with Gasteiger partial charge in [-0.05, 0) is 73.1 Å². The van der Waals surface area contributed by atoms with Crippen molar-refractivity contribution in [1.29, 1.82) is 0 Å². The maximum Gasteiger partial charge on any atom is 0.639 e. The molecule has 1 aliphatic rings. The first kappa shape index (κ1) is 26.7. The van der Waals surface area contributed by atoms with E-state index in [1.165, 1.54) is 0 Å². The molecule has 0 bridgehead atoms. The third kappa shape index (κ3) is 12.2. The standard InChI is InChI=1S/C8H24O4Si4.C6H15BO3/c1-13(2)9-14(3,4)11-16(7,8)12-15(5,6)10-13;1-4-8-7(9-5-2)10-6-3/h1-8H3;4-6H2,1-3H3. The molecule has 0 N–H and O–H groups in total. The average molecular weight is 443 g/mol. The normalized spacial score (nSPS) is 23.2. The van der Waals surface area contributed by atoms with Gasteiger partial charge in [0.2, 0.25) is 0 Å². The summed E-state index contributed by atoms with van der Waals surface area (Å²) >= 11 is 0. The van der Waals surface area contributed by atoms with Crippen molar-refractivity contribution in [3.8, 4) is 0 Å². The lowest BCUT2D eigenvalue weighted by Crippen LogP contribution is -2.64. The Labute approximate surface area is 165 Å². The van der Waals surface area contributed by atoms with Crippen LogP contribution < -0.4 is 0 Å². The molecule has 0 aromatic carbocycles. The van der Waals surface area contributed by atoms with Crippen molar-refractivity contribution >= 4 is 41.6 Å². The summed E-state index contributed by atoms with van der Waals surface area (Å²) < 4.78 is 39.9. The van der Waals surface area contributed by atoms with Gasteiger partial charge < -0.3 is 30.4 Å². The zero-order chi connectivity index (χ0) is 20.6. The lowest BCUT2D eigenvalue weighted by Gasteiger charge is -2.46. The van der Waals surface area contributed by atoms with Crippen LogP contribution >= 0.6 is 0 Å². The maximum atomic E-state index is 6.16. The lowest BCUT2D eigenvalue weighted by atomic mass is 10.2. The van der Waals surface area contributed by atoms with Gasteiger partial charge in [0, 0.05) is 19.8 Å². The molecule has 12 heteroatoms. The topological polar surface area (TPSA) is 64.6 Å². The van der Waals surface area contributed by atoms with Crippen LogP contribution in [0.25, 0.3) is 0 Å². The molecule has 1 fully saturated rings. The van der Waals surface area contributed by atoms with E-state index in [-0.39, 0.29) is 0 Å². The van der Waals surface area contributed by atoms with Crippen molar-refractivity contribution in [2.75, 3.05) is 19.8 Å². The van der Waals surface area contributed by atoms with Crippen molar-refractivity contribution in [3.05, 3.63) is 0 Å². The zero-order valence-corrected chi connectivity index (χ0v) is 22.6. The van der Waals surface area contributed by atoms with E-state index in [2.05, 4.69) is 52.4 Å². The Kier molecular flexibility index (Phi) is 11.3. The molecule has 156 valence electrons. The summed E-state index contributed by atoms with van der Waals surface area (Å²) in [6.07, 6.45) is 0. The maximum absolute atomic E-state index is 6.16. The van der Waals surface area contributed by atoms with E-state index in [9.17, 15) is 0 Å². The minimum absolute atomic E-state index is 0.472. The lowest BCUT2D eigenvalue weighted by molar-refractivity contribution is 0.107. The molecule has 0 amide bonds. The van der Waals surface area contributed by atoms with E-state index in [1.807, 2.05) is 20.8 Å². The number of hydrogen-bond acceptors (Lipinski definition) is 7. The third-order valence-electron chi connectivity index (χ3n) is 2.87. The second kappa shape index (κ2) is 11.0. The molecule has 0 atom stereocenters. The van der Waals surface area contributed by atoms with Gasteiger partial charge in [-0.15, -0.1) is 0 Å². The second-order valence-electron chi connectivity index (χ2n) is 7.66. The molecule has 0 unspecified atom stereocenters. The minimum atomic E-state index is -2.11. The van der Waals surface area contributed by atoms with E-state index in [0.29, 0.717) is 19.8 Å². The molecule has 7 nitrogen and oxygen atoms in total. The van der Waals surface area contributed by atoms with Gasteiger partial charge >= 0.3 is 41.6 Å². The van der Waals surface area contributed by atoms with Crippen molar-refractivity contribution in [2.45, 2.75) is 73.1 Å². The highest BCUT2D eigenvalue weighted by Crippen LogP contribution is 2.30. The van der Waals surface area contributed by atoms with E-state index in [0.717, 1.165) is 0 Å². The summed E-state index contributed by atoms with van der Waals surface area (Å²) in [5.41, 5.74) is 0. The molecule has 0 aromatic heterocycles. The largest absolute Gasteiger partial charge is 0.639 e. The quantitative estimate of drug-likeness (QED) is 0.577. The Morgan fingerprint density at radius 3 is 0.846 bits per heavy atom. The summed E-state index contributed by atoms with van der Waals surface area (Å²) in [6, 6.07) is 0. The van der Waals surface area contributed by atoms with E-state index in [4.69, 9.17) is 30.4 Å². The minimum Gasteiger partial charge on any atom is -0.416 e. The first-order valence-electron chi connectivity index (χ1n) is 9.33. The Hall–Kier alpha value is 0.652.